The van der Waals surface area contributed by atoms with Gasteiger partial charge in [-0.25, -0.2) is 4.39 Å². The molecule has 0 bridgehead atoms. The Bertz CT molecular complexity index is 432. The van der Waals surface area contributed by atoms with Crippen molar-refractivity contribution in [3.05, 3.63) is 34.1 Å². The van der Waals surface area contributed by atoms with E-state index < -0.39 is 16.3 Å². The molecule has 0 radical (unpaired) electrons. The average Bonchev–Trinajstić information content (AvgIpc) is 2.35. The zero-order valence-electron chi connectivity index (χ0n) is 10.4. The van der Waals surface area contributed by atoms with Crippen molar-refractivity contribution in [2.75, 3.05) is 6.61 Å². The molecule has 0 aliphatic rings. The Labute approximate surface area is 104 Å². The van der Waals surface area contributed by atoms with Crippen molar-refractivity contribution in [3.8, 4) is 5.75 Å². The fraction of sp³-hybridized carbons (Fsp3) is 0.500. The summed E-state index contributed by atoms with van der Waals surface area (Å²) in [6.45, 7) is 3.59. The number of benzene rings is 1. The molecule has 0 saturated heterocycles. The molecule has 0 atom stereocenters. The van der Waals surface area contributed by atoms with Gasteiger partial charge >= 0.3 is 0 Å². The van der Waals surface area contributed by atoms with E-state index in [9.17, 15) is 19.6 Å². The lowest BCUT2D eigenvalue weighted by atomic mass is 9.99. The zero-order chi connectivity index (χ0) is 13.8. The zero-order valence-corrected chi connectivity index (χ0v) is 10.4. The Morgan fingerprint density at radius 1 is 1.39 bits per heavy atom. The van der Waals surface area contributed by atoms with E-state index in [2.05, 4.69) is 0 Å². The van der Waals surface area contributed by atoms with Gasteiger partial charge in [0, 0.05) is 6.07 Å². The number of ether oxygens (including phenoxy) is 1. The highest BCUT2D eigenvalue weighted by molar-refractivity contribution is 5.38. The number of hydrogen-bond acceptors (Lipinski definition) is 4. The normalized spacial score (nSPS) is 11.3. The first-order valence-electron chi connectivity index (χ1n) is 5.70. The number of nitrogens with zero attached hydrogens (tertiary/aromatic N) is 1. The lowest BCUT2D eigenvalue weighted by molar-refractivity contribution is -0.385. The second kappa shape index (κ2) is 5.77. The minimum absolute atomic E-state index is 0.0272. The summed E-state index contributed by atoms with van der Waals surface area (Å²) >= 11 is 0. The summed E-state index contributed by atoms with van der Waals surface area (Å²) in [6.07, 6.45) is 0.974. The van der Waals surface area contributed by atoms with Crippen molar-refractivity contribution in [1.82, 2.24) is 0 Å². The Kier molecular flexibility index (Phi) is 4.61. The van der Waals surface area contributed by atoms with Crippen LogP contribution in [0.4, 0.5) is 10.1 Å². The minimum atomic E-state index is -0.999. The molecule has 6 heteroatoms. The van der Waals surface area contributed by atoms with Crippen LogP contribution >= 0.6 is 0 Å². The summed E-state index contributed by atoms with van der Waals surface area (Å²) in [6, 6.07) is 3.01. The smallest absolute Gasteiger partial charge is 0.276 e. The van der Waals surface area contributed by atoms with Gasteiger partial charge in [-0.1, -0.05) is 13.8 Å². The largest absolute Gasteiger partial charge is 0.490 e. The molecule has 1 aromatic carbocycles. The summed E-state index contributed by atoms with van der Waals surface area (Å²) in [7, 11) is 0. The molecular weight excluding hydrogens is 241 g/mol. The van der Waals surface area contributed by atoms with Crippen LogP contribution in [-0.4, -0.2) is 22.2 Å². The van der Waals surface area contributed by atoms with E-state index >= 15 is 0 Å². The van der Waals surface area contributed by atoms with Gasteiger partial charge in [0.05, 0.1) is 22.7 Å². The molecular formula is C12H16FNO4. The van der Waals surface area contributed by atoms with Crippen molar-refractivity contribution >= 4 is 5.69 Å². The molecule has 1 rings (SSSR count). The van der Waals surface area contributed by atoms with Crippen LogP contribution in [0.25, 0.3) is 0 Å². The first-order chi connectivity index (χ1) is 8.40. The van der Waals surface area contributed by atoms with E-state index in [-0.39, 0.29) is 18.0 Å². The molecule has 1 N–H and O–H groups in total. The molecule has 100 valence electrons. The Balaban J connectivity index is 2.82. The predicted molar refractivity (Wildman–Crippen MR) is 64.1 cm³/mol. The van der Waals surface area contributed by atoms with Crippen LogP contribution in [0.15, 0.2) is 18.2 Å². The van der Waals surface area contributed by atoms with Crippen molar-refractivity contribution in [1.29, 1.82) is 0 Å². The number of aliphatic hydroxyl groups is 1. The number of rotatable bonds is 6. The van der Waals surface area contributed by atoms with E-state index in [0.717, 1.165) is 18.2 Å². The average molecular weight is 257 g/mol. The number of hydrogen-bond donors (Lipinski definition) is 1. The second-order valence-electron chi connectivity index (χ2n) is 4.12. The van der Waals surface area contributed by atoms with Crippen molar-refractivity contribution in [2.45, 2.75) is 32.3 Å². The van der Waals surface area contributed by atoms with Crippen LogP contribution < -0.4 is 4.74 Å². The van der Waals surface area contributed by atoms with Crippen LogP contribution in [-0.2, 0) is 0 Å². The molecule has 0 aliphatic carbocycles. The van der Waals surface area contributed by atoms with Gasteiger partial charge in [0.2, 0.25) is 0 Å². The summed E-state index contributed by atoms with van der Waals surface area (Å²) in [4.78, 5) is 9.86. The predicted octanol–water partition coefficient (Wildman–Crippen LogP) is 2.66. The van der Waals surface area contributed by atoms with Crippen molar-refractivity contribution < 1.29 is 19.2 Å². The van der Waals surface area contributed by atoms with Gasteiger partial charge in [0.1, 0.15) is 18.2 Å². The SMILES string of the molecule is CCC(O)(CC)COc1cc(F)cc([N+](=O)[O-])c1. The highest BCUT2D eigenvalue weighted by Gasteiger charge is 2.23. The molecule has 0 unspecified atom stereocenters. The Morgan fingerprint density at radius 3 is 2.50 bits per heavy atom. The molecule has 0 aromatic heterocycles. The molecule has 0 heterocycles. The summed E-state index contributed by atoms with van der Waals surface area (Å²) in [5, 5.41) is 20.5. The first-order valence-corrected chi connectivity index (χ1v) is 5.70. The van der Waals surface area contributed by atoms with Crippen molar-refractivity contribution in [2.24, 2.45) is 0 Å². The molecule has 0 amide bonds. The number of nitro groups is 1. The van der Waals surface area contributed by atoms with Gasteiger partial charge in [-0.3, -0.25) is 10.1 Å². The van der Waals surface area contributed by atoms with Gasteiger partial charge in [-0.05, 0) is 12.8 Å². The highest BCUT2D eigenvalue weighted by Crippen LogP contribution is 2.24. The Morgan fingerprint density at radius 2 is 2.00 bits per heavy atom. The van der Waals surface area contributed by atoms with Crippen LogP contribution in [0, 0.1) is 15.9 Å². The molecule has 18 heavy (non-hydrogen) atoms. The fourth-order valence-corrected chi connectivity index (χ4v) is 1.41. The maximum absolute atomic E-state index is 13.1. The van der Waals surface area contributed by atoms with Crippen LogP contribution in [0.2, 0.25) is 0 Å². The standard InChI is InChI=1S/C12H16FNO4/c1-3-12(15,4-2)8-18-11-6-9(13)5-10(7-11)14(16)17/h5-7,15H,3-4,8H2,1-2H3. The van der Waals surface area contributed by atoms with E-state index in [1.807, 2.05) is 0 Å². The van der Waals surface area contributed by atoms with Gasteiger partial charge in [0.25, 0.3) is 5.69 Å². The van der Waals surface area contributed by atoms with Gasteiger partial charge < -0.3 is 9.84 Å². The molecule has 0 fully saturated rings. The molecule has 1 aromatic rings. The maximum atomic E-state index is 13.1. The van der Waals surface area contributed by atoms with E-state index in [1.54, 1.807) is 13.8 Å². The van der Waals surface area contributed by atoms with E-state index in [1.165, 1.54) is 0 Å². The fourth-order valence-electron chi connectivity index (χ4n) is 1.41. The quantitative estimate of drug-likeness (QED) is 0.628. The van der Waals surface area contributed by atoms with Crippen LogP contribution in [0.1, 0.15) is 26.7 Å². The minimum Gasteiger partial charge on any atom is -0.490 e. The molecule has 5 nitrogen and oxygen atoms in total. The van der Waals surface area contributed by atoms with E-state index in [0.29, 0.717) is 12.8 Å². The molecule has 0 aliphatic heterocycles. The van der Waals surface area contributed by atoms with Crippen LogP contribution in [0.5, 0.6) is 5.75 Å². The van der Waals surface area contributed by atoms with Crippen molar-refractivity contribution in [3.63, 3.8) is 0 Å². The third kappa shape index (κ3) is 3.66. The number of halogens is 1. The third-order valence-corrected chi connectivity index (χ3v) is 2.89. The third-order valence-electron chi connectivity index (χ3n) is 2.89. The summed E-state index contributed by atoms with van der Waals surface area (Å²) in [5.41, 5.74) is -1.37. The molecule has 0 saturated carbocycles. The van der Waals surface area contributed by atoms with Gasteiger partial charge in [-0.2, -0.15) is 0 Å². The maximum Gasteiger partial charge on any atom is 0.276 e. The lowest BCUT2D eigenvalue weighted by Gasteiger charge is -2.24. The second-order valence-corrected chi connectivity index (χ2v) is 4.12. The molecule has 0 spiro atoms. The summed E-state index contributed by atoms with van der Waals surface area (Å²) in [5.74, 6) is -0.697. The monoisotopic (exact) mass is 257 g/mol. The first kappa shape index (κ1) is 14.4. The van der Waals surface area contributed by atoms with Crippen LogP contribution in [0.3, 0.4) is 0 Å². The van der Waals surface area contributed by atoms with E-state index in [4.69, 9.17) is 4.74 Å². The number of non-ortho nitro benzene ring substituents is 1. The number of nitro benzene ring substituents is 1. The summed E-state index contributed by atoms with van der Waals surface area (Å²) < 4.78 is 18.4. The van der Waals surface area contributed by atoms with Gasteiger partial charge in [-0.15, -0.1) is 0 Å². The Hall–Kier alpha value is -1.69. The highest BCUT2D eigenvalue weighted by atomic mass is 19.1. The topological polar surface area (TPSA) is 72.6 Å². The van der Waals surface area contributed by atoms with Gasteiger partial charge in [0.15, 0.2) is 0 Å². The lowest BCUT2D eigenvalue weighted by Crippen LogP contribution is -2.34.